The van der Waals surface area contributed by atoms with Gasteiger partial charge in [0.25, 0.3) is 0 Å². The van der Waals surface area contributed by atoms with Gasteiger partial charge in [0.1, 0.15) is 18.5 Å². The van der Waals surface area contributed by atoms with Crippen LogP contribution in [0.25, 0.3) is 11.2 Å². The minimum atomic E-state index is -1.22. The van der Waals surface area contributed by atoms with Crippen molar-refractivity contribution in [2.75, 3.05) is 5.32 Å². The fourth-order valence-electron chi connectivity index (χ4n) is 9.33. The maximum atomic E-state index is 13.3. The van der Waals surface area contributed by atoms with Crippen molar-refractivity contribution in [2.45, 2.75) is 87.2 Å². The third-order valence-electron chi connectivity index (χ3n) is 10.5. The summed E-state index contributed by atoms with van der Waals surface area (Å²) in [5, 5.41) is 16.2. The zero-order chi connectivity index (χ0) is 28.2. The van der Waals surface area contributed by atoms with Crippen molar-refractivity contribution in [1.29, 1.82) is 0 Å². The van der Waals surface area contributed by atoms with Crippen LogP contribution in [0.15, 0.2) is 36.9 Å². The van der Waals surface area contributed by atoms with Crippen LogP contribution >= 0.6 is 0 Å². The topological polar surface area (TPSA) is 150 Å². The summed E-state index contributed by atoms with van der Waals surface area (Å²) in [7, 11) is 0. The molecular weight excluding hydrogens is 540 g/mol. The molecular formula is C30H32N6O6. The molecule has 1 spiro atoms. The predicted molar refractivity (Wildman–Crippen MR) is 146 cm³/mol. The number of hydrogen-bond acceptors (Lipinski definition) is 8. The maximum Gasteiger partial charge on any atom is 0.335 e. The Hall–Kier alpha value is -3.61. The summed E-state index contributed by atoms with van der Waals surface area (Å²) in [4.78, 5) is 38.8. The molecule has 6 fully saturated rings. The van der Waals surface area contributed by atoms with Crippen LogP contribution in [-0.4, -0.2) is 66.3 Å². The van der Waals surface area contributed by atoms with Crippen molar-refractivity contribution >= 4 is 29.0 Å². The van der Waals surface area contributed by atoms with E-state index in [1.54, 1.807) is 4.57 Å². The molecule has 1 aromatic carbocycles. The summed E-state index contributed by atoms with van der Waals surface area (Å²) < 4.78 is 20.6. The minimum absolute atomic E-state index is 0.140. The van der Waals surface area contributed by atoms with E-state index in [4.69, 9.17) is 14.2 Å². The van der Waals surface area contributed by atoms with E-state index in [9.17, 15) is 14.7 Å². The normalized spacial score (nSPS) is 36.8. The Labute approximate surface area is 241 Å². The first kappa shape index (κ1) is 24.9. The first-order chi connectivity index (χ1) is 20.4. The van der Waals surface area contributed by atoms with Crippen LogP contribution in [0.3, 0.4) is 0 Å². The number of nitrogens with zero attached hydrogens (tertiary/aromatic N) is 4. The van der Waals surface area contributed by atoms with Gasteiger partial charge in [-0.25, -0.2) is 24.5 Å². The fraction of sp³-hybridized carbons (Fsp3) is 0.567. The molecule has 4 heterocycles. The first-order valence-corrected chi connectivity index (χ1v) is 14.9. The van der Waals surface area contributed by atoms with Crippen molar-refractivity contribution in [3.05, 3.63) is 48.0 Å². The number of carboxylic acid groups (broad SMARTS) is 1. The summed E-state index contributed by atoms with van der Waals surface area (Å²) in [6.07, 6.45) is 7.43. The van der Waals surface area contributed by atoms with Gasteiger partial charge < -0.3 is 24.6 Å². The standard InChI is InChI=1S/C30H32N6O6/c37-27(38)23-21-22(42-30(41-21)11-18-3-1-2-4-19(18)12-30)26(40-23)36-14-33-20-24(31-13-32-25(20)36)34-28(39)35-29-8-15-5-16(9-29)7-17(6-15)10-29/h1-4,13-17,21-23,26H,5-12H2,(H,37,38)(H2,31,32,34,35,39)/t15?,16?,17?,21-,22+,23-,26+,29?/m0/s1. The van der Waals surface area contributed by atoms with Crippen LogP contribution < -0.4 is 10.6 Å². The van der Waals surface area contributed by atoms with Crippen LogP contribution in [0.2, 0.25) is 0 Å². The molecule has 2 saturated heterocycles. The van der Waals surface area contributed by atoms with Gasteiger partial charge in [0, 0.05) is 18.4 Å². The molecule has 42 heavy (non-hydrogen) atoms. The molecule has 0 unspecified atom stereocenters. The third kappa shape index (κ3) is 3.74. The van der Waals surface area contributed by atoms with Gasteiger partial charge in [0.2, 0.25) is 0 Å². The number of carbonyl (C=O) groups is 2. The molecule has 10 rings (SSSR count). The Morgan fingerprint density at radius 2 is 1.60 bits per heavy atom. The second-order valence-corrected chi connectivity index (χ2v) is 13.3. The van der Waals surface area contributed by atoms with Crippen LogP contribution in [0.4, 0.5) is 10.6 Å². The van der Waals surface area contributed by atoms with E-state index in [-0.39, 0.29) is 17.4 Å². The number of imidazole rings is 1. The van der Waals surface area contributed by atoms with E-state index in [0.717, 1.165) is 30.4 Å². The van der Waals surface area contributed by atoms with Gasteiger partial charge in [0.05, 0.1) is 6.33 Å². The number of amides is 2. The lowest BCUT2D eigenvalue weighted by Crippen LogP contribution is -2.60. The zero-order valence-electron chi connectivity index (χ0n) is 22.9. The molecule has 2 amide bonds. The van der Waals surface area contributed by atoms with Crippen molar-refractivity contribution in [3.63, 3.8) is 0 Å². The number of carboxylic acids is 1. The van der Waals surface area contributed by atoms with Crippen LogP contribution in [0.5, 0.6) is 0 Å². The molecule has 3 aromatic rings. The molecule has 218 valence electrons. The van der Waals surface area contributed by atoms with Crippen molar-refractivity contribution in [2.24, 2.45) is 17.8 Å². The van der Waals surface area contributed by atoms with Gasteiger partial charge in [-0.1, -0.05) is 24.3 Å². The average molecular weight is 573 g/mol. The van der Waals surface area contributed by atoms with Crippen molar-refractivity contribution < 1.29 is 28.9 Å². The van der Waals surface area contributed by atoms with E-state index in [2.05, 4.69) is 25.6 Å². The van der Waals surface area contributed by atoms with Crippen LogP contribution in [0.1, 0.15) is 55.9 Å². The number of nitrogens with one attached hydrogen (secondary N) is 2. The van der Waals surface area contributed by atoms with E-state index in [1.165, 1.54) is 31.9 Å². The van der Waals surface area contributed by atoms with E-state index < -0.39 is 36.3 Å². The fourth-order valence-corrected chi connectivity index (χ4v) is 9.33. The number of benzene rings is 1. The number of aliphatic carboxylic acids is 1. The van der Waals surface area contributed by atoms with Crippen LogP contribution in [0, 0.1) is 17.8 Å². The van der Waals surface area contributed by atoms with Gasteiger partial charge in [0.15, 0.2) is 35.1 Å². The zero-order valence-corrected chi connectivity index (χ0v) is 22.9. The number of anilines is 1. The highest BCUT2D eigenvalue weighted by molar-refractivity contribution is 5.96. The number of hydrogen-bond donors (Lipinski definition) is 3. The Bertz CT molecular complexity index is 1560. The van der Waals surface area contributed by atoms with Gasteiger partial charge >= 0.3 is 12.0 Å². The van der Waals surface area contributed by atoms with E-state index in [0.29, 0.717) is 41.8 Å². The highest BCUT2D eigenvalue weighted by atomic mass is 16.8. The minimum Gasteiger partial charge on any atom is -0.479 e. The molecule has 4 saturated carbocycles. The Morgan fingerprint density at radius 1 is 0.929 bits per heavy atom. The molecule has 7 aliphatic rings. The second-order valence-electron chi connectivity index (χ2n) is 13.3. The van der Waals surface area contributed by atoms with Gasteiger partial charge in [-0.2, -0.15) is 0 Å². The number of ether oxygens (including phenoxy) is 3. The van der Waals surface area contributed by atoms with Gasteiger partial charge in [-0.05, 0) is 67.4 Å². The lowest BCUT2D eigenvalue weighted by molar-refractivity contribution is -0.214. The number of urea groups is 1. The number of rotatable bonds is 4. The summed E-state index contributed by atoms with van der Waals surface area (Å²) in [5.74, 6) is 0.358. The summed E-state index contributed by atoms with van der Waals surface area (Å²) in [6, 6.07) is 7.76. The highest BCUT2D eigenvalue weighted by Crippen LogP contribution is 2.55. The van der Waals surface area contributed by atoms with E-state index >= 15 is 0 Å². The van der Waals surface area contributed by atoms with Gasteiger partial charge in [-0.3, -0.25) is 9.88 Å². The summed E-state index contributed by atoms with van der Waals surface area (Å²) >= 11 is 0. The summed E-state index contributed by atoms with van der Waals surface area (Å²) in [6.45, 7) is 0. The van der Waals surface area contributed by atoms with Crippen LogP contribution in [-0.2, 0) is 31.8 Å². The maximum absolute atomic E-state index is 13.3. The SMILES string of the molecule is O=C(Nc1ncnc2c1ncn2[C@@H]1O[C@H](C(=O)O)[C@H]2OC3(Cc4ccccc4C3)O[C@H]21)NC12CC3CC(CC(C3)C1)C2. The molecule has 12 heteroatoms. The lowest BCUT2D eigenvalue weighted by Gasteiger charge is -2.56. The first-order valence-electron chi connectivity index (χ1n) is 14.9. The quantitative estimate of drug-likeness (QED) is 0.428. The monoisotopic (exact) mass is 572 g/mol. The smallest absolute Gasteiger partial charge is 0.335 e. The Balaban J connectivity index is 0.979. The second kappa shape index (κ2) is 8.71. The molecule has 0 radical (unpaired) electrons. The van der Waals surface area contributed by atoms with Crippen molar-refractivity contribution in [3.8, 4) is 0 Å². The number of aromatic nitrogens is 4. The lowest BCUT2D eigenvalue weighted by atomic mass is 9.53. The molecule has 12 nitrogen and oxygen atoms in total. The molecule has 4 bridgehead atoms. The predicted octanol–water partition coefficient (Wildman–Crippen LogP) is 3.18. The molecule has 5 aliphatic carbocycles. The highest BCUT2D eigenvalue weighted by Gasteiger charge is 2.62. The number of carbonyl (C=O) groups excluding carboxylic acids is 1. The summed E-state index contributed by atoms with van der Waals surface area (Å²) in [5.41, 5.74) is 2.91. The largest absolute Gasteiger partial charge is 0.479 e. The molecule has 4 atom stereocenters. The van der Waals surface area contributed by atoms with E-state index in [1.807, 2.05) is 24.3 Å². The Kier molecular flexibility index (Phi) is 5.17. The molecule has 2 aliphatic heterocycles. The van der Waals surface area contributed by atoms with Crippen molar-refractivity contribution in [1.82, 2.24) is 24.8 Å². The Morgan fingerprint density at radius 3 is 2.26 bits per heavy atom. The number of fused-ring (bicyclic) bond motifs is 3. The molecule has 3 N–H and O–H groups in total. The van der Waals surface area contributed by atoms with Gasteiger partial charge in [-0.15, -0.1) is 0 Å². The third-order valence-corrected chi connectivity index (χ3v) is 10.5. The molecule has 2 aromatic heterocycles. The average Bonchev–Trinajstić information content (AvgIpc) is 3.68.